The first-order valence-electron chi connectivity index (χ1n) is 5.16. The predicted octanol–water partition coefficient (Wildman–Crippen LogP) is 0.333. The highest BCUT2D eigenvalue weighted by Crippen LogP contribution is 2.03. The van der Waals surface area contributed by atoms with Gasteiger partial charge in [0.25, 0.3) is 0 Å². The highest BCUT2D eigenvalue weighted by Gasteiger charge is 2.06. The lowest BCUT2D eigenvalue weighted by atomic mass is 10.3. The number of aromatic nitrogens is 2. The number of rotatable bonds is 7. The number of nitrogens with zero attached hydrogens (tertiary/aromatic N) is 2. The van der Waals surface area contributed by atoms with Crippen LogP contribution < -0.4 is 5.32 Å². The van der Waals surface area contributed by atoms with Crippen molar-refractivity contribution in [1.82, 2.24) is 9.78 Å². The lowest BCUT2D eigenvalue weighted by molar-refractivity contribution is -0.137. The smallest absolute Gasteiger partial charge is 0.325 e. The van der Waals surface area contributed by atoms with E-state index in [1.165, 1.54) is 10.9 Å². The third-order valence-corrected chi connectivity index (χ3v) is 1.96. The molecule has 0 unspecified atom stereocenters. The molecule has 0 saturated carbocycles. The standard InChI is InChI=1S/C10H15N3O4/c1-17-6-2-3-9(14)11-8-4-5-13(12-8)7-10(15)16/h4-5H,2-3,6-7H2,1H3,(H,15,16)(H,11,12,14). The molecular weight excluding hydrogens is 226 g/mol. The Balaban J connectivity index is 2.38. The molecule has 0 bridgehead atoms. The van der Waals surface area contributed by atoms with Crippen molar-refractivity contribution in [2.24, 2.45) is 0 Å². The van der Waals surface area contributed by atoms with Crippen molar-refractivity contribution in [3.8, 4) is 0 Å². The van der Waals surface area contributed by atoms with E-state index in [0.29, 0.717) is 25.3 Å². The van der Waals surface area contributed by atoms with E-state index in [1.54, 1.807) is 13.2 Å². The summed E-state index contributed by atoms with van der Waals surface area (Å²) in [4.78, 5) is 21.8. The van der Waals surface area contributed by atoms with Crippen LogP contribution in [0.3, 0.4) is 0 Å². The van der Waals surface area contributed by atoms with Crippen LogP contribution in [-0.4, -0.2) is 40.5 Å². The van der Waals surface area contributed by atoms with Crippen LogP contribution in [0.5, 0.6) is 0 Å². The van der Waals surface area contributed by atoms with Crippen LogP contribution in [0.4, 0.5) is 5.82 Å². The number of anilines is 1. The summed E-state index contributed by atoms with van der Waals surface area (Å²) < 4.78 is 6.07. The van der Waals surface area contributed by atoms with Gasteiger partial charge in [0.2, 0.25) is 5.91 Å². The van der Waals surface area contributed by atoms with Crippen LogP contribution in [0, 0.1) is 0 Å². The second-order valence-corrected chi connectivity index (χ2v) is 3.44. The highest BCUT2D eigenvalue weighted by molar-refractivity contribution is 5.89. The first kappa shape index (κ1) is 13.2. The molecule has 1 amide bonds. The number of methoxy groups -OCH3 is 1. The van der Waals surface area contributed by atoms with Gasteiger partial charge in [-0.25, -0.2) is 0 Å². The van der Waals surface area contributed by atoms with Crippen molar-refractivity contribution < 1.29 is 19.4 Å². The van der Waals surface area contributed by atoms with Gasteiger partial charge in [0.15, 0.2) is 5.82 Å². The molecule has 0 radical (unpaired) electrons. The van der Waals surface area contributed by atoms with E-state index in [2.05, 4.69) is 10.4 Å². The molecule has 1 aromatic rings. The lowest BCUT2D eigenvalue weighted by Gasteiger charge is -2.01. The van der Waals surface area contributed by atoms with E-state index < -0.39 is 5.97 Å². The fraction of sp³-hybridized carbons (Fsp3) is 0.500. The summed E-state index contributed by atoms with van der Waals surface area (Å²) in [6.07, 6.45) is 2.48. The molecule has 0 aliphatic heterocycles. The zero-order valence-corrected chi connectivity index (χ0v) is 9.55. The second-order valence-electron chi connectivity index (χ2n) is 3.44. The van der Waals surface area contributed by atoms with Gasteiger partial charge in [-0.15, -0.1) is 0 Å². The molecular formula is C10H15N3O4. The van der Waals surface area contributed by atoms with Gasteiger partial charge in [0.1, 0.15) is 6.54 Å². The molecule has 0 spiro atoms. The van der Waals surface area contributed by atoms with Crippen molar-refractivity contribution in [1.29, 1.82) is 0 Å². The van der Waals surface area contributed by atoms with Crippen molar-refractivity contribution in [3.05, 3.63) is 12.3 Å². The average molecular weight is 241 g/mol. The maximum absolute atomic E-state index is 11.4. The normalized spacial score (nSPS) is 10.2. The molecule has 0 aliphatic rings. The maximum atomic E-state index is 11.4. The number of hydrogen-bond donors (Lipinski definition) is 2. The first-order valence-corrected chi connectivity index (χ1v) is 5.16. The van der Waals surface area contributed by atoms with Crippen LogP contribution >= 0.6 is 0 Å². The summed E-state index contributed by atoms with van der Waals surface area (Å²) in [5.74, 6) is -0.789. The van der Waals surface area contributed by atoms with Gasteiger partial charge >= 0.3 is 5.97 Å². The SMILES string of the molecule is COCCCC(=O)Nc1ccn(CC(=O)O)n1. The molecule has 0 fully saturated rings. The minimum absolute atomic E-state index is 0.164. The molecule has 2 N–H and O–H groups in total. The van der Waals surface area contributed by atoms with Crippen molar-refractivity contribution in [2.45, 2.75) is 19.4 Å². The van der Waals surface area contributed by atoms with Gasteiger partial charge in [-0.05, 0) is 6.42 Å². The molecule has 0 aliphatic carbocycles. The van der Waals surface area contributed by atoms with E-state index in [-0.39, 0.29) is 12.5 Å². The molecule has 0 aromatic carbocycles. The number of carboxylic acid groups (broad SMARTS) is 1. The molecule has 7 nitrogen and oxygen atoms in total. The van der Waals surface area contributed by atoms with Crippen LogP contribution in [0.2, 0.25) is 0 Å². The number of amides is 1. The number of carboxylic acids is 1. The molecule has 7 heteroatoms. The topological polar surface area (TPSA) is 93.5 Å². The minimum Gasteiger partial charge on any atom is -0.480 e. The quantitative estimate of drug-likeness (QED) is 0.671. The summed E-state index contributed by atoms with van der Waals surface area (Å²) in [5.41, 5.74) is 0. The highest BCUT2D eigenvalue weighted by atomic mass is 16.5. The van der Waals surface area contributed by atoms with Crippen LogP contribution in [0.25, 0.3) is 0 Å². The number of carbonyl (C=O) groups is 2. The van der Waals surface area contributed by atoms with E-state index in [9.17, 15) is 9.59 Å². The number of hydrogen-bond acceptors (Lipinski definition) is 4. The Labute approximate surface area is 98.4 Å². The molecule has 1 rings (SSSR count). The zero-order chi connectivity index (χ0) is 12.7. The van der Waals surface area contributed by atoms with Gasteiger partial charge in [0.05, 0.1) is 0 Å². The van der Waals surface area contributed by atoms with E-state index in [4.69, 9.17) is 9.84 Å². The summed E-state index contributed by atoms with van der Waals surface area (Å²) in [7, 11) is 1.57. The molecule has 0 atom stereocenters. The van der Waals surface area contributed by atoms with E-state index in [1.807, 2.05) is 0 Å². The average Bonchev–Trinajstić information content (AvgIpc) is 2.64. The van der Waals surface area contributed by atoms with Crippen LogP contribution in [-0.2, 0) is 20.9 Å². The number of nitrogens with one attached hydrogen (secondary N) is 1. The van der Waals surface area contributed by atoms with Crippen molar-refractivity contribution in [2.75, 3.05) is 19.0 Å². The second kappa shape index (κ2) is 6.64. The first-order chi connectivity index (χ1) is 8.11. The van der Waals surface area contributed by atoms with Crippen molar-refractivity contribution in [3.63, 3.8) is 0 Å². The van der Waals surface area contributed by atoms with Crippen LogP contribution in [0.15, 0.2) is 12.3 Å². The molecule has 1 heterocycles. The fourth-order valence-electron chi connectivity index (χ4n) is 1.24. The lowest BCUT2D eigenvalue weighted by Crippen LogP contribution is -2.14. The fourth-order valence-corrected chi connectivity index (χ4v) is 1.24. The molecule has 94 valence electrons. The summed E-state index contributed by atoms with van der Waals surface area (Å²) in [6.45, 7) is 0.306. The third kappa shape index (κ3) is 5.12. The van der Waals surface area contributed by atoms with Gasteiger partial charge in [-0.2, -0.15) is 5.10 Å². The summed E-state index contributed by atoms with van der Waals surface area (Å²) in [6, 6.07) is 1.55. The van der Waals surface area contributed by atoms with Crippen LogP contribution in [0.1, 0.15) is 12.8 Å². The molecule has 17 heavy (non-hydrogen) atoms. The van der Waals surface area contributed by atoms with Gasteiger partial charge in [-0.1, -0.05) is 0 Å². The minimum atomic E-state index is -0.980. The van der Waals surface area contributed by atoms with E-state index in [0.717, 1.165) is 0 Å². The zero-order valence-electron chi connectivity index (χ0n) is 9.55. The Morgan fingerprint density at radius 2 is 2.35 bits per heavy atom. The third-order valence-electron chi connectivity index (χ3n) is 1.96. The summed E-state index contributed by atoms with van der Waals surface area (Å²) in [5, 5.41) is 15.0. The Morgan fingerprint density at radius 1 is 1.59 bits per heavy atom. The Kier molecular flexibility index (Phi) is 5.15. The molecule has 0 saturated heterocycles. The summed E-state index contributed by atoms with van der Waals surface area (Å²) >= 11 is 0. The Hall–Kier alpha value is -1.89. The predicted molar refractivity (Wildman–Crippen MR) is 59.6 cm³/mol. The Bertz CT molecular complexity index is 389. The van der Waals surface area contributed by atoms with Gasteiger partial charge in [0, 0.05) is 32.4 Å². The monoisotopic (exact) mass is 241 g/mol. The van der Waals surface area contributed by atoms with E-state index >= 15 is 0 Å². The maximum Gasteiger partial charge on any atom is 0.325 e. The number of aliphatic carboxylic acids is 1. The number of carbonyl (C=O) groups excluding carboxylic acids is 1. The van der Waals surface area contributed by atoms with Crippen molar-refractivity contribution >= 4 is 17.7 Å². The Morgan fingerprint density at radius 3 is 3.00 bits per heavy atom. The number of ether oxygens (including phenoxy) is 1. The molecule has 1 aromatic heterocycles. The van der Waals surface area contributed by atoms with Gasteiger partial charge in [-0.3, -0.25) is 14.3 Å². The largest absolute Gasteiger partial charge is 0.480 e. The van der Waals surface area contributed by atoms with Gasteiger partial charge < -0.3 is 15.2 Å².